The van der Waals surface area contributed by atoms with Crippen LogP contribution in [0.5, 0.6) is 0 Å². The molecular formula is C13H29N. The van der Waals surface area contributed by atoms with E-state index in [0.29, 0.717) is 0 Å². The molecule has 1 nitrogen and oxygen atoms in total. The minimum atomic E-state index is 0.735. The summed E-state index contributed by atoms with van der Waals surface area (Å²) in [4.78, 5) is 0. The van der Waals surface area contributed by atoms with Crippen LogP contribution in [0.2, 0.25) is 0 Å². The number of hydrogen-bond acceptors (Lipinski definition) is 1. The van der Waals surface area contributed by atoms with Gasteiger partial charge in [-0.1, -0.05) is 41.0 Å². The molecule has 0 aliphatic carbocycles. The summed E-state index contributed by atoms with van der Waals surface area (Å²) in [6, 6.07) is 0.735. The van der Waals surface area contributed by atoms with Crippen molar-refractivity contribution in [3.63, 3.8) is 0 Å². The van der Waals surface area contributed by atoms with Crippen LogP contribution in [0.25, 0.3) is 0 Å². The maximum Gasteiger partial charge on any atom is 0.00668 e. The Hall–Kier alpha value is -0.0400. The van der Waals surface area contributed by atoms with Crippen molar-refractivity contribution >= 4 is 0 Å². The molecule has 0 aromatic rings. The molecule has 0 aliphatic heterocycles. The predicted octanol–water partition coefficient (Wildman–Crippen LogP) is 3.84. The van der Waals surface area contributed by atoms with E-state index in [-0.39, 0.29) is 0 Å². The summed E-state index contributed by atoms with van der Waals surface area (Å²) >= 11 is 0. The van der Waals surface area contributed by atoms with E-state index in [0.717, 1.165) is 17.9 Å². The van der Waals surface area contributed by atoms with Crippen molar-refractivity contribution in [2.75, 3.05) is 6.54 Å². The van der Waals surface area contributed by atoms with Gasteiger partial charge in [-0.2, -0.15) is 0 Å². The maximum absolute atomic E-state index is 3.67. The number of hydrogen-bond donors (Lipinski definition) is 1. The Bertz CT molecular complexity index is 120. The third-order valence-corrected chi connectivity index (χ3v) is 3.02. The van der Waals surface area contributed by atoms with Gasteiger partial charge in [0.2, 0.25) is 0 Å². The fraction of sp³-hybridized carbons (Fsp3) is 1.00. The molecular weight excluding hydrogens is 170 g/mol. The van der Waals surface area contributed by atoms with Crippen molar-refractivity contribution in [3.8, 4) is 0 Å². The standard InChI is InChI=1S/C13H29N/c1-6-12(5)8-9-14-13(7-2)10-11(3)4/h11-14H,6-10H2,1-5H3. The molecule has 2 atom stereocenters. The molecule has 0 radical (unpaired) electrons. The van der Waals surface area contributed by atoms with Crippen LogP contribution in [0.3, 0.4) is 0 Å². The summed E-state index contributed by atoms with van der Waals surface area (Å²) < 4.78 is 0. The lowest BCUT2D eigenvalue weighted by Crippen LogP contribution is -2.31. The highest BCUT2D eigenvalue weighted by molar-refractivity contribution is 4.67. The molecule has 0 heterocycles. The van der Waals surface area contributed by atoms with Crippen LogP contribution in [0.15, 0.2) is 0 Å². The molecule has 0 amide bonds. The van der Waals surface area contributed by atoms with Gasteiger partial charge in [0.1, 0.15) is 0 Å². The normalized spacial score (nSPS) is 15.9. The second-order valence-corrected chi connectivity index (χ2v) is 4.99. The van der Waals surface area contributed by atoms with Crippen LogP contribution in [0.4, 0.5) is 0 Å². The molecule has 0 aromatic carbocycles. The highest BCUT2D eigenvalue weighted by Gasteiger charge is 2.07. The van der Waals surface area contributed by atoms with Crippen LogP contribution in [0.1, 0.15) is 60.3 Å². The van der Waals surface area contributed by atoms with Gasteiger partial charge in [-0.05, 0) is 37.6 Å². The summed E-state index contributed by atoms with van der Waals surface area (Å²) in [7, 11) is 0. The van der Waals surface area contributed by atoms with Crippen LogP contribution in [-0.4, -0.2) is 12.6 Å². The average Bonchev–Trinajstić information content (AvgIpc) is 2.15. The first-order valence-corrected chi connectivity index (χ1v) is 6.33. The molecule has 2 unspecified atom stereocenters. The van der Waals surface area contributed by atoms with Crippen LogP contribution >= 0.6 is 0 Å². The zero-order valence-electron chi connectivity index (χ0n) is 10.8. The number of nitrogens with one attached hydrogen (secondary N) is 1. The first-order chi connectivity index (χ1) is 6.60. The van der Waals surface area contributed by atoms with Gasteiger partial charge in [-0.3, -0.25) is 0 Å². The summed E-state index contributed by atoms with van der Waals surface area (Å²) in [5, 5.41) is 3.67. The molecule has 1 heteroatoms. The molecule has 0 aliphatic rings. The predicted molar refractivity (Wildman–Crippen MR) is 65.6 cm³/mol. The quantitative estimate of drug-likeness (QED) is 0.626. The van der Waals surface area contributed by atoms with Crippen LogP contribution < -0.4 is 5.32 Å². The highest BCUT2D eigenvalue weighted by Crippen LogP contribution is 2.09. The summed E-state index contributed by atoms with van der Waals surface area (Å²) in [6.45, 7) is 12.7. The molecule has 0 saturated carbocycles. The molecule has 0 bridgehead atoms. The van der Waals surface area contributed by atoms with Gasteiger partial charge < -0.3 is 5.32 Å². The Labute approximate surface area is 90.7 Å². The molecule has 0 rings (SSSR count). The van der Waals surface area contributed by atoms with Gasteiger partial charge >= 0.3 is 0 Å². The SMILES string of the molecule is CCC(C)CCNC(CC)CC(C)C. The van der Waals surface area contributed by atoms with E-state index in [1.807, 2.05) is 0 Å². The third kappa shape index (κ3) is 7.37. The van der Waals surface area contributed by atoms with Gasteiger partial charge in [0.25, 0.3) is 0 Å². The van der Waals surface area contributed by atoms with Gasteiger partial charge in [0.05, 0.1) is 0 Å². The molecule has 1 N–H and O–H groups in total. The maximum atomic E-state index is 3.67. The lowest BCUT2D eigenvalue weighted by Gasteiger charge is -2.20. The minimum absolute atomic E-state index is 0.735. The molecule has 14 heavy (non-hydrogen) atoms. The van der Waals surface area contributed by atoms with E-state index < -0.39 is 0 Å². The Kier molecular flexibility index (Phi) is 8.26. The minimum Gasteiger partial charge on any atom is -0.314 e. The molecule has 0 spiro atoms. The molecule has 0 fully saturated rings. The Morgan fingerprint density at radius 3 is 2.07 bits per heavy atom. The lowest BCUT2D eigenvalue weighted by molar-refractivity contribution is 0.387. The van der Waals surface area contributed by atoms with E-state index in [1.165, 1.54) is 32.2 Å². The largest absolute Gasteiger partial charge is 0.314 e. The van der Waals surface area contributed by atoms with Gasteiger partial charge in [0.15, 0.2) is 0 Å². The topological polar surface area (TPSA) is 12.0 Å². The highest BCUT2D eigenvalue weighted by atomic mass is 14.9. The van der Waals surface area contributed by atoms with E-state index in [9.17, 15) is 0 Å². The van der Waals surface area contributed by atoms with Crippen molar-refractivity contribution in [2.45, 2.75) is 66.3 Å². The average molecular weight is 199 g/mol. The van der Waals surface area contributed by atoms with Crippen molar-refractivity contribution in [3.05, 3.63) is 0 Å². The van der Waals surface area contributed by atoms with Crippen molar-refractivity contribution in [1.29, 1.82) is 0 Å². The van der Waals surface area contributed by atoms with Gasteiger partial charge in [-0.25, -0.2) is 0 Å². The second kappa shape index (κ2) is 8.28. The zero-order chi connectivity index (χ0) is 11.0. The van der Waals surface area contributed by atoms with E-state index in [4.69, 9.17) is 0 Å². The van der Waals surface area contributed by atoms with Gasteiger partial charge in [0, 0.05) is 6.04 Å². The summed E-state index contributed by atoms with van der Waals surface area (Å²) in [5.41, 5.74) is 0. The Morgan fingerprint density at radius 2 is 1.64 bits per heavy atom. The lowest BCUT2D eigenvalue weighted by atomic mass is 10.0. The van der Waals surface area contributed by atoms with Crippen molar-refractivity contribution in [1.82, 2.24) is 5.32 Å². The first-order valence-electron chi connectivity index (χ1n) is 6.33. The fourth-order valence-electron chi connectivity index (χ4n) is 1.70. The second-order valence-electron chi connectivity index (χ2n) is 4.99. The molecule has 86 valence electrons. The fourth-order valence-corrected chi connectivity index (χ4v) is 1.70. The third-order valence-electron chi connectivity index (χ3n) is 3.02. The summed E-state index contributed by atoms with van der Waals surface area (Å²) in [5.74, 6) is 1.69. The summed E-state index contributed by atoms with van der Waals surface area (Å²) in [6.07, 6.45) is 5.21. The number of rotatable bonds is 8. The molecule has 0 saturated heterocycles. The zero-order valence-corrected chi connectivity index (χ0v) is 10.8. The Morgan fingerprint density at radius 1 is 1.00 bits per heavy atom. The monoisotopic (exact) mass is 199 g/mol. The van der Waals surface area contributed by atoms with E-state index in [1.54, 1.807) is 0 Å². The first kappa shape index (κ1) is 14.0. The van der Waals surface area contributed by atoms with Crippen LogP contribution in [-0.2, 0) is 0 Å². The smallest absolute Gasteiger partial charge is 0.00668 e. The van der Waals surface area contributed by atoms with Crippen molar-refractivity contribution in [2.24, 2.45) is 11.8 Å². The Balaban J connectivity index is 3.52. The van der Waals surface area contributed by atoms with Gasteiger partial charge in [-0.15, -0.1) is 0 Å². The molecule has 0 aromatic heterocycles. The van der Waals surface area contributed by atoms with E-state index in [2.05, 4.69) is 39.9 Å². The van der Waals surface area contributed by atoms with Crippen LogP contribution in [0, 0.1) is 11.8 Å². The van der Waals surface area contributed by atoms with E-state index >= 15 is 0 Å². The van der Waals surface area contributed by atoms with Crippen molar-refractivity contribution < 1.29 is 0 Å².